The van der Waals surface area contributed by atoms with Gasteiger partial charge in [0.05, 0.1) is 23.5 Å². The van der Waals surface area contributed by atoms with Gasteiger partial charge in [-0.25, -0.2) is 4.79 Å². The molecule has 0 unspecified atom stereocenters. The fourth-order valence-corrected chi connectivity index (χ4v) is 2.77. The molecule has 0 bridgehead atoms. The minimum atomic E-state index is -0.358. The number of carbonyl (C=O) groups is 2. The molecular formula is C14H16N2O3. The Hall–Kier alpha value is -2.04. The van der Waals surface area contributed by atoms with Crippen molar-refractivity contribution in [3.63, 3.8) is 0 Å². The van der Waals surface area contributed by atoms with E-state index in [2.05, 4.69) is 10.2 Å². The molecule has 0 radical (unpaired) electrons. The van der Waals surface area contributed by atoms with Crippen LogP contribution in [0.5, 0.6) is 0 Å². The van der Waals surface area contributed by atoms with Gasteiger partial charge in [-0.05, 0) is 38.0 Å². The first-order chi connectivity index (χ1) is 9.20. The van der Waals surface area contributed by atoms with E-state index in [0.717, 1.165) is 25.1 Å². The van der Waals surface area contributed by atoms with Crippen molar-refractivity contribution in [2.45, 2.75) is 25.8 Å². The zero-order valence-corrected chi connectivity index (χ0v) is 10.8. The summed E-state index contributed by atoms with van der Waals surface area (Å²) in [5.41, 5.74) is 2.17. The van der Waals surface area contributed by atoms with E-state index in [1.165, 1.54) is 0 Å². The van der Waals surface area contributed by atoms with Gasteiger partial charge in [0.25, 0.3) is 0 Å². The summed E-state index contributed by atoms with van der Waals surface area (Å²) in [7, 11) is 0. The summed E-state index contributed by atoms with van der Waals surface area (Å²) >= 11 is 0. The van der Waals surface area contributed by atoms with Crippen LogP contribution in [0, 0.1) is 0 Å². The van der Waals surface area contributed by atoms with Crippen LogP contribution in [0.25, 0.3) is 0 Å². The van der Waals surface area contributed by atoms with Gasteiger partial charge < -0.3 is 15.0 Å². The normalized spacial score (nSPS) is 20.6. The van der Waals surface area contributed by atoms with Crippen LogP contribution in [0.1, 0.15) is 30.1 Å². The first-order valence-electron chi connectivity index (χ1n) is 6.59. The van der Waals surface area contributed by atoms with Gasteiger partial charge in [-0.3, -0.25) is 4.79 Å². The molecule has 2 aliphatic rings. The zero-order chi connectivity index (χ0) is 13.4. The van der Waals surface area contributed by atoms with Crippen LogP contribution in [-0.4, -0.2) is 31.1 Å². The summed E-state index contributed by atoms with van der Waals surface area (Å²) in [5, 5.41) is 2.88. The molecule has 1 N–H and O–H groups in total. The van der Waals surface area contributed by atoms with Crippen molar-refractivity contribution in [3.05, 3.63) is 23.8 Å². The van der Waals surface area contributed by atoms with Crippen LogP contribution in [0.3, 0.4) is 0 Å². The van der Waals surface area contributed by atoms with Crippen molar-refractivity contribution >= 4 is 23.3 Å². The Morgan fingerprint density at radius 1 is 1.53 bits per heavy atom. The highest BCUT2D eigenvalue weighted by Gasteiger charge is 2.36. The highest BCUT2D eigenvalue weighted by Crippen LogP contribution is 2.37. The van der Waals surface area contributed by atoms with Gasteiger partial charge in [0.15, 0.2) is 0 Å². The number of rotatable bonds is 2. The van der Waals surface area contributed by atoms with E-state index in [1.807, 2.05) is 6.07 Å². The summed E-state index contributed by atoms with van der Waals surface area (Å²) in [6.45, 7) is 3.01. The molecule has 1 amide bonds. The average Bonchev–Trinajstić information content (AvgIpc) is 2.88. The van der Waals surface area contributed by atoms with E-state index in [-0.39, 0.29) is 17.9 Å². The fraction of sp³-hybridized carbons (Fsp3) is 0.429. The predicted molar refractivity (Wildman–Crippen MR) is 71.4 cm³/mol. The molecule has 1 atom stereocenters. The first kappa shape index (κ1) is 12.0. The van der Waals surface area contributed by atoms with Gasteiger partial charge in [-0.2, -0.15) is 0 Å². The quantitative estimate of drug-likeness (QED) is 0.823. The molecule has 19 heavy (non-hydrogen) atoms. The minimum absolute atomic E-state index is 0.0195. The Labute approximate surface area is 111 Å². The second-order valence-corrected chi connectivity index (χ2v) is 4.79. The molecule has 5 heteroatoms. The van der Waals surface area contributed by atoms with E-state index in [0.29, 0.717) is 17.9 Å². The highest BCUT2D eigenvalue weighted by atomic mass is 16.5. The average molecular weight is 260 g/mol. The lowest BCUT2D eigenvalue weighted by molar-refractivity contribution is -0.117. The molecule has 100 valence electrons. The summed E-state index contributed by atoms with van der Waals surface area (Å²) in [6, 6.07) is 5.28. The van der Waals surface area contributed by atoms with Crippen LogP contribution < -0.4 is 10.2 Å². The highest BCUT2D eigenvalue weighted by molar-refractivity contribution is 6.05. The van der Waals surface area contributed by atoms with Crippen molar-refractivity contribution < 1.29 is 14.3 Å². The second-order valence-electron chi connectivity index (χ2n) is 4.79. The van der Waals surface area contributed by atoms with Crippen molar-refractivity contribution in [1.29, 1.82) is 0 Å². The number of benzene rings is 1. The number of hydrogen-bond donors (Lipinski definition) is 1. The second kappa shape index (κ2) is 4.57. The lowest BCUT2D eigenvalue weighted by Gasteiger charge is -2.33. The maximum absolute atomic E-state index is 12.0. The lowest BCUT2D eigenvalue weighted by atomic mass is 10.1. The first-order valence-corrected chi connectivity index (χ1v) is 6.59. The van der Waals surface area contributed by atoms with Gasteiger partial charge >= 0.3 is 5.97 Å². The molecule has 1 aromatic rings. The van der Waals surface area contributed by atoms with Crippen LogP contribution >= 0.6 is 0 Å². The van der Waals surface area contributed by atoms with E-state index in [4.69, 9.17) is 4.74 Å². The molecule has 0 aliphatic carbocycles. The molecule has 0 spiro atoms. The van der Waals surface area contributed by atoms with Crippen molar-refractivity contribution in [3.8, 4) is 0 Å². The number of carbonyl (C=O) groups excluding carboxylic acids is 2. The minimum Gasteiger partial charge on any atom is -0.462 e. The maximum atomic E-state index is 12.0. The van der Waals surface area contributed by atoms with Gasteiger partial charge in [-0.15, -0.1) is 0 Å². The zero-order valence-electron chi connectivity index (χ0n) is 10.8. The fourth-order valence-electron chi connectivity index (χ4n) is 2.77. The SMILES string of the molecule is CCOC(=O)c1ccc2c(c1)NC(=O)[C@H]1CCCN21. The molecule has 3 rings (SSSR count). The molecule has 1 aromatic carbocycles. The maximum Gasteiger partial charge on any atom is 0.338 e. The van der Waals surface area contributed by atoms with Gasteiger partial charge in [0, 0.05) is 6.54 Å². The molecule has 5 nitrogen and oxygen atoms in total. The third kappa shape index (κ3) is 1.95. The standard InChI is InChI=1S/C14H16N2O3/c1-2-19-14(18)9-5-6-11-10(8-9)15-13(17)12-4-3-7-16(11)12/h5-6,8,12H,2-4,7H2,1H3,(H,15,17)/t12-/m1/s1. The Morgan fingerprint density at radius 2 is 2.37 bits per heavy atom. The van der Waals surface area contributed by atoms with Gasteiger partial charge in [0.1, 0.15) is 6.04 Å². The summed E-state index contributed by atoms with van der Waals surface area (Å²) in [5.74, 6) is -0.339. The number of anilines is 2. The van der Waals surface area contributed by atoms with Crippen molar-refractivity contribution in [2.24, 2.45) is 0 Å². The molecule has 2 heterocycles. The summed E-state index contributed by atoms with van der Waals surface area (Å²) in [4.78, 5) is 25.8. The van der Waals surface area contributed by atoms with Gasteiger partial charge in [-0.1, -0.05) is 0 Å². The molecule has 0 aromatic heterocycles. The molecule has 0 saturated carbocycles. The van der Waals surface area contributed by atoms with Crippen molar-refractivity contribution in [1.82, 2.24) is 0 Å². The molecule has 1 saturated heterocycles. The topological polar surface area (TPSA) is 58.6 Å². The largest absolute Gasteiger partial charge is 0.462 e. The van der Waals surface area contributed by atoms with E-state index < -0.39 is 0 Å². The molecular weight excluding hydrogens is 244 g/mol. The summed E-state index contributed by atoms with van der Waals surface area (Å²) in [6.07, 6.45) is 1.92. The third-order valence-electron chi connectivity index (χ3n) is 3.63. The van der Waals surface area contributed by atoms with E-state index >= 15 is 0 Å². The summed E-state index contributed by atoms with van der Waals surface area (Å²) < 4.78 is 4.97. The molecule has 2 aliphatic heterocycles. The van der Waals surface area contributed by atoms with E-state index in [1.54, 1.807) is 19.1 Å². The number of ether oxygens (including phenoxy) is 1. The Kier molecular flexibility index (Phi) is 2.89. The number of amides is 1. The number of nitrogens with zero attached hydrogens (tertiary/aromatic N) is 1. The third-order valence-corrected chi connectivity index (χ3v) is 3.63. The number of esters is 1. The van der Waals surface area contributed by atoms with Crippen LogP contribution in [-0.2, 0) is 9.53 Å². The van der Waals surface area contributed by atoms with E-state index in [9.17, 15) is 9.59 Å². The number of fused-ring (bicyclic) bond motifs is 3. The van der Waals surface area contributed by atoms with Crippen LogP contribution in [0.15, 0.2) is 18.2 Å². The number of nitrogens with one attached hydrogen (secondary N) is 1. The predicted octanol–water partition coefficient (Wildman–Crippen LogP) is 1.78. The Morgan fingerprint density at radius 3 is 3.16 bits per heavy atom. The Bertz CT molecular complexity index is 541. The Balaban J connectivity index is 1.95. The number of hydrogen-bond acceptors (Lipinski definition) is 4. The molecule has 1 fully saturated rings. The van der Waals surface area contributed by atoms with Gasteiger partial charge in [0.2, 0.25) is 5.91 Å². The smallest absolute Gasteiger partial charge is 0.338 e. The van der Waals surface area contributed by atoms with Crippen molar-refractivity contribution in [2.75, 3.05) is 23.4 Å². The van der Waals surface area contributed by atoms with Crippen LogP contribution in [0.4, 0.5) is 11.4 Å². The lowest BCUT2D eigenvalue weighted by Crippen LogP contribution is -2.43. The van der Waals surface area contributed by atoms with Crippen LogP contribution in [0.2, 0.25) is 0 Å². The monoisotopic (exact) mass is 260 g/mol.